The van der Waals surface area contributed by atoms with Gasteiger partial charge in [0.05, 0.1) is 6.04 Å². The van der Waals surface area contributed by atoms with E-state index < -0.39 is 0 Å². The molecule has 1 aliphatic rings. The van der Waals surface area contributed by atoms with Gasteiger partial charge in [0.2, 0.25) is 5.91 Å². The number of amides is 2. The van der Waals surface area contributed by atoms with Crippen molar-refractivity contribution in [1.82, 2.24) is 9.80 Å². The Bertz CT molecular complexity index is 1130. The molecule has 0 aliphatic carbocycles. The second-order valence-corrected chi connectivity index (χ2v) is 9.48. The number of fused-ring (bicyclic) bond motifs is 1. The van der Waals surface area contributed by atoms with E-state index in [2.05, 4.69) is 0 Å². The number of thiophene rings is 1. The minimum absolute atomic E-state index is 0.00132. The molecule has 2 aromatic carbocycles. The first kappa shape index (κ1) is 24.0. The van der Waals surface area contributed by atoms with Crippen LogP contribution in [0.5, 0.6) is 5.75 Å². The normalized spacial score (nSPS) is 16.0. The molecule has 178 valence electrons. The van der Waals surface area contributed by atoms with E-state index in [4.69, 9.17) is 4.74 Å². The first-order valence-corrected chi connectivity index (χ1v) is 12.5. The summed E-state index contributed by atoms with van der Waals surface area (Å²) in [6.45, 7) is 4.74. The van der Waals surface area contributed by atoms with Crippen LogP contribution < -0.4 is 4.74 Å². The van der Waals surface area contributed by atoms with Crippen LogP contribution >= 0.6 is 11.3 Å². The zero-order valence-corrected chi connectivity index (χ0v) is 20.3. The molecule has 3 aromatic rings. The highest BCUT2D eigenvalue weighted by Gasteiger charge is 2.34. The average molecular weight is 481 g/mol. The van der Waals surface area contributed by atoms with E-state index in [1.165, 1.54) is 17.0 Å². The van der Waals surface area contributed by atoms with Crippen LogP contribution in [-0.4, -0.2) is 47.4 Å². The third-order valence-corrected chi connectivity index (χ3v) is 7.33. The van der Waals surface area contributed by atoms with Gasteiger partial charge in [-0.1, -0.05) is 31.2 Å². The van der Waals surface area contributed by atoms with E-state index in [0.29, 0.717) is 17.9 Å². The minimum Gasteiger partial charge on any atom is -0.491 e. The summed E-state index contributed by atoms with van der Waals surface area (Å²) in [7, 11) is 0. The SMILES string of the molecule is CCC(C)N(CC(=O)N1CCc2sccc2C1COc1cccc(F)c1)C(=O)c1ccccc1. The van der Waals surface area contributed by atoms with Gasteiger partial charge in [-0.3, -0.25) is 9.59 Å². The van der Waals surface area contributed by atoms with Crippen molar-refractivity contribution >= 4 is 23.2 Å². The largest absolute Gasteiger partial charge is 0.491 e. The van der Waals surface area contributed by atoms with Crippen molar-refractivity contribution in [1.29, 1.82) is 0 Å². The number of hydrogen-bond acceptors (Lipinski definition) is 4. The van der Waals surface area contributed by atoms with Crippen molar-refractivity contribution < 1.29 is 18.7 Å². The van der Waals surface area contributed by atoms with Crippen molar-refractivity contribution in [3.8, 4) is 5.75 Å². The third-order valence-electron chi connectivity index (χ3n) is 6.33. The Morgan fingerprint density at radius 3 is 2.71 bits per heavy atom. The summed E-state index contributed by atoms with van der Waals surface area (Å²) in [6, 6.07) is 16.7. The van der Waals surface area contributed by atoms with Crippen LogP contribution in [0.15, 0.2) is 66.0 Å². The Balaban J connectivity index is 1.54. The second-order valence-electron chi connectivity index (χ2n) is 8.48. The van der Waals surface area contributed by atoms with Gasteiger partial charge in [-0.15, -0.1) is 11.3 Å². The third kappa shape index (κ3) is 5.30. The first-order valence-electron chi connectivity index (χ1n) is 11.6. The standard InChI is InChI=1S/C27H29FN2O3S/c1-3-19(2)30(27(32)20-8-5-4-6-9-20)17-26(31)29-14-12-25-23(13-15-34-25)24(29)18-33-22-11-7-10-21(28)16-22/h4-11,13,15-16,19,24H,3,12,14,17-18H2,1-2H3. The lowest BCUT2D eigenvalue weighted by Gasteiger charge is -2.38. The lowest BCUT2D eigenvalue weighted by Crippen LogP contribution is -2.49. The van der Waals surface area contributed by atoms with Crippen LogP contribution in [0.1, 0.15) is 47.1 Å². The summed E-state index contributed by atoms with van der Waals surface area (Å²) in [4.78, 5) is 31.5. The number of carbonyl (C=O) groups is 2. The average Bonchev–Trinajstić information content (AvgIpc) is 3.34. The molecule has 2 atom stereocenters. The van der Waals surface area contributed by atoms with E-state index in [1.54, 1.807) is 40.5 Å². The van der Waals surface area contributed by atoms with E-state index in [0.717, 1.165) is 18.4 Å². The van der Waals surface area contributed by atoms with Gasteiger partial charge >= 0.3 is 0 Å². The summed E-state index contributed by atoms with van der Waals surface area (Å²) < 4.78 is 19.5. The Kier molecular flexibility index (Phi) is 7.63. The molecule has 0 bridgehead atoms. The fourth-order valence-corrected chi connectivity index (χ4v) is 5.17. The molecular weight excluding hydrogens is 451 g/mol. The molecule has 7 heteroatoms. The van der Waals surface area contributed by atoms with Crippen LogP contribution in [0, 0.1) is 5.82 Å². The summed E-state index contributed by atoms with van der Waals surface area (Å²) >= 11 is 1.67. The van der Waals surface area contributed by atoms with Crippen LogP contribution in [0.2, 0.25) is 0 Å². The highest BCUT2D eigenvalue weighted by Crippen LogP contribution is 2.34. The first-order chi connectivity index (χ1) is 16.5. The monoisotopic (exact) mass is 480 g/mol. The Morgan fingerprint density at radius 1 is 1.18 bits per heavy atom. The summed E-state index contributed by atoms with van der Waals surface area (Å²) in [5.74, 6) is -0.206. The zero-order valence-electron chi connectivity index (χ0n) is 19.4. The van der Waals surface area contributed by atoms with Crippen LogP contribution in [0.4, 0.5) is 4.39 Å². The molecule has 1 aliphatic heterocycles. The lowest BCUT2D eigenvalue weighted by atomic mass is 10.00. The molecule has 0 fully saturated rings. The number of halogens is 1. The minimum atomic E-state index is -0.367. The van der Waals surface area contributed by atoms with Gasteiger partial charge in [-0.2, -0.15) is 0 Å². The van der Waals surface area contributed by atoms with Crippen molar-refractivity contribution in [3.63, 3.8) is 0 Å². The van der Waals surface area contributed by atoms with E-state index in [1.807, 2.05) is 48.4 Å². The molecule has 4 rings (SSSR count). The van der Waals surface area contributed by atoms with Crippen molar-refractivity contribution in [3.05, 3.63) is 87.9 Å². The highest BCUT2D eigenvalue weighted by atomic mass is 32.1. The fourth-order valence-electron chi connectivity index (χ4n) is 4.24. The molecule has 0 N–H and O–H groups in total. The summed E-state index contributed by atoms with van der Waals surface area (Å²) in [5.41, 5.74) is 1.63. The van der Waals surface area contributed by atoms with Gasteiger partial charge in [0.1, 0.15) is 24.7 Å². The van der Waals surface area contributed by atoms with Gasteiger partial charge in [0.15, 0.2) is 0 Å². The summed E-state index contributed by atoms with van der Waals surface area (Å²) in [5, 5.41) is 2.03. The number of rotatable bonds is 8. The number of nitrogens with zero attached hydrogens (tertiary/aromatic N) is 2. The number of carbonyl (C=O) groups excluding carboxylic acids is 2. The van der Waals surface area contributed by atoms with Crippen molar-refractivity contribution in [2.45, 2.75) is 38.8 Å². The zero-order chi connectivity index (χ0) is 24.1. The predicted octanol–water partition coefficient (Wildman–Crippen LogP) is 5.33. The topological polar surface area (TPSA) is 49.9 Å². The number of ether oxygens (including phenoxy) is 1. The number of benzene rings is 2. The smallest absolute Gasteiger partial charge is 0.254 e. The molecule has 2 heterocycles. The van der Waals surface area contributed by atoms with Crippen LogP contribution in [0.25, 0.3) is 0 Å². The van der Waals surface area contributed by atoms with Crippen molar-refractivity contribution in [2.24, 2.45) is 0 Å². The maximum absolute atomic E-state index is 13.6. The lowest BCUT2D eigenvalue weighted by molar-refractivity contribution is -0.136. The van der Waals surface area contributed by atoms with Gasteiger partial charge < -0.3 is 14.5 Å². The van der Waals surface area contributed by atoms with E-state index in [9.17, 15) is 14.0 Å². The molecule has 0 spiro atoms. The summed E-state index contributed by atoms with van der Waals surface area (Å²) in [6.07, 6.45) is 1.51. The molecule has 2 amide bonds. The van der Waals surface area contributed by atoms with Crippen LogP contribution in [0.3, 0.4) is 0 Å². The second kappa shape index (κ2) is 10.8. The molecule has 0 saturated heterocycles. The van der Waals surface area contributed by atoms with Gasteiger partial charge in [-0.05, 0) is 61.0 Å². The van der Waals surface area contributed by atoms with Crippen LogP contribution in [-0.2, 0) is 11.2 Å². The molecule has 0 radical (unpaired) electrons. The Labute approximate surface area is 203 Å². The molecule has 0 saturated carbocycles. The maximum atomic E-state index is 13.6. The molecule has 1 aromatic heterocycles. The molecule has 34 heavy (non-hydrogen) atoms. The Morgan fingerprint density at radius 2 is 1.97 bits per heavy atom. The molecular formula is C27H29FN2O3S. The van der Waals surface area contributed by atoms with Gasteiger partial charge in [0.25, 0.3) is 5.91 Å². The van der Waals surface area contributed by atoms with Gasteiger partial charge in [-0.25, -0.2) is 4.39 Å². The quantitative estimate of drug-likeness (QED) is 0.438. The molecule has 2 unspecified atom stereocenters. The van der Waals surface area contributed by atoms with E-state index in [-0.39, 0.29) is 42.9 Å². The van der Waals surface area contributed by atoms with E-state index >= 15 is 0 Å². The number of hydrogen-bond donors (Lipinski definition) is 0. The van der Waals surface area contributed by atoms with Gasteiger partial charge in [0, 0.05) is 29.1 Å². The maximum Gasteiger partial charge on any atom is 0.254 e. The van der Waals surface area contributed by atoms with Crippen molar-refractivity contribution in [2.75, 3.05) is 19.7 Å². The highest BCUT2D eigenvalue weighted by molar-refractivity contribution is 7.10. The fraction of sp³-hybridized carbons (Fsp3) is 0.333. The molecule has 5 nitrogen and oxygen atoms in total. The Hall–Kier alpha value is -3.19. The predicted molar refractivity (Wildman–Crippen MR) is 132 cm³/mol.